The van der Waals surface area contributed by atoms with Gasteiger partial charge >= 0.3 is 0 Å². The summed E-state index contributed by atoms with van der Waals surface area (Å²) in [6.45, 7) is 0. The number of nitriles is 1. The van der Waals surface area contributed by atoms with Gasteiger partial charge in [-0.05, 0) is 30.5 Å². The van der Waals surface area contributed by atoms with Crippen LogP contribution in [0.2, 0.25) is 0 Å². The number of rotatable bonds is 3. The zero-order chi connectivity index (χ0) is 12.3. The summed E-state index contributed by atoms with van der Waals surface area (Å²) in [6, 6.07) is 8.38. The highest BCUT2D eigenvalue weighted by atomic mass is 19.1. The lowest BCUT2D eigenvalue weighted by atomic mass is 10.1. The van der Waals surface area contributed by atoms with Crippen molar-refractivity contribution in [2.45, 2.75) is 12.8 Å². The molecule has 0 amide bonds. The topological polar surface area (TPSA) is 78.5 Å². The number of anilines is 1. The van der Waals surface area contributed by atoms with Crippen molar-refractivity contribution in [3.05, 3.63) is 46.9 Å². The maximum Gasteiger partial charge on any atom is 0.163 e. The minimum atomic E-state index is -0.257. The van der Waals surface area contributed by atoms with Crippen molar-refractivity contribution in [1.82, 2.24) is 10.2 Å². The fraction of sp³-hybridized carbons (Fsp3) is 0.167. The maximum atomic E-state index is 13.0. The third kappa shape index (κ3) is 2.42. The molecule has 0 atom stereocenters. The lowest BCUT2D eigenvalue weighted by Crippen LogP contribution is -1.95. The Morgan fingerprint density at radius 2 is 2.24 bits per heavy atom. The van der Waals surface area contributed by atoms with Gasteiger partial charge in [0.25, 0.3) is 0 Å². The number of halogens is 1. The Balaban J connectivity index is 2.10. The summed E-state index contributed by atoms with van der Waals surface area (Å²) < 4.78 is 13.0. The van der Waals surface area contributed by atoms with Crippen LogP contribution in [0.15, 0.2) is 24.3 Å². The Morgan fingerprint density at radius 3 is 2.94 bits per heavy atom. The number of nitrogens with two attached hydrogens (primary N) is 1. The van der Waals surface area contributed by atoms with Gasteiger partial charge in [0.05, 0.1) is 5.69 Å². The number of nitrogens with one attached hydrogen (secondary N) is 1. The minimum absolute atomic E-state index is 0.210. The largest absolute Gasteiger partial charge is 0.381 e. The summed E-state index contributed by atoms with van der Waals surface area (Å²) in [4.78, 5) is 0. The quantitative estimate of drug-likeness (QED) is 0.843. The van der Waals surface area contributed by atoms with Gasteiger partial charge < -0.3 is 5.73 Å². The Bertz CT molecular complexity index is 568. The summed E-state index contributed by atoms with van der Waals surface area (Å²) in [7, 11) is 0. The van der Waals surface area contributed by atoms with Gasteiger partial charge in [-0.15, -0.1) is 0 Å². The first kappa shape index (κ1) is 11.1. The highest BCUT2D eigenvalue weighted by molar-refractivity contribution is 5.50. The van der Waals surface area contributed by atoms with Crippen molar-refractivity contribution in [3.63, 3.8) is 0 Å². The minimum Gasteiger partial charge on any atom is -0.381 e. The van der Waals surface area contributed by atoms with Gasteiger partial charge in [-0.1, -0.05) is 12.1 Å². The smallest absolute Gasteiger partial charge is 0.163 e. The van der Waals surface area contributed by atoms with E-state index in [0.29, 0.717) is 24.1 Å². The molecule has 5 heteroatoms. The molecule has 1 heterocycles. The average molecular weight is 230 g/mol. The van der Waals surface area contributed by atoms with Crippen molar-refractivity contribution >= 4 is 5.82 Å². The van der Waals surface area contributed by atoms with Crippen molar-refractivity contribution in [3.8, 4) is 6.07 Å². The van der Waals surface area contributed by atoms with Crippen LogP contribution in [0.5, 0.6) is 0 Å². The molecule has 1 aromatic carbocycles. The van der Waals surface area contributed by atoms with Crippen molar-refractivity contribution in [2.24, 2.45) is 0 Å². The first-order valence-electron chi connectivity index (χ1n) is 5.18. The van der Waals surface area contributed by atoms with Crippen molar-refractivity contribution in [2.75, 3.05) is 5.73 Å². The Hall–Kier alpha value is -2.35. The van der Waals surface area contributed by atoms with Gasteiger partial charge in [-0.2, -0.15) is 10.4 Å². The number of hydrogen-bond acceptors (Lipinski definition) is 3. The van der Waals surface area contributed by atoms with Gasteiger partial charge in [0.15, 0.2) is 5.82 Å². The summed E-state index contributed by atoms with van der Waals surface area (Å²) >= 11 is 0. The van der Waals surface area contributed by atoms with Gasteiger partial charge in [-0.3, -0.25) is 5.10 Å². The second-order valence-electron chi connectivity index (χ2n) is 3.70. The zero-order valence-corrected chi connectivity index (χ0v) is 9.07. The normalized spacial score (nSPS) is 10.1. The van der Waals surface area contributed by atoms with Crippen LogP contribution < -0.4 is 5.73 Å². The molecule has 0 unspecified atom stereocenters. The van der Waals surface area contributed by atoms with Crippen LogP contribution in [-0.2, 0) is 12.8 Å². The predicted molar refractivity (Wildman–Crippen MR) is 61.5 cm³/mol. The number of benzene rings is 1. The molecule has 17 heavy (non-hydrogen) atoms. The van der Waals surface area contributed by atoms with E-state index in [-0.39, 0.29) is 11.6 Å². The molecule has 0 aliphatic heterocycles. The van der Waals surface area contributed by atoms with Crippen LogP contribution in [0.4, 0.5) is 10.2 Å². The summed E-state index contributed by atoms with van der Waals surface area (Å²) in [5.74, 6) is -0.0473. The van der Waals surface area contributed by atoms with E-state index < -0.39 is 0 Å². The molecule has 0 fully saturated rings. The Morgan fingerprint density at radius 1 is 1.41 bits per heavy atom. The monoisotopic (exact) mass is 230 g/mol. The first-order valence-corrected chi connectivity index (χ1v) is 5.18. The van der Waals surface area contributed by atoms with Crippen LogP contribution >= 0.6 is 0 Å². The second-order valence-corrected chi connectivity index (χ2v) is 3.70. The third-order valence-corrected chi connectivity index (χ3v) is 2.53. The van der Waals surface area contributed by atoms with E-state index in [0.717, 1.165) is 5.56 Å². The summed E-state index contributed by atoms with van der Waals surface area (Å²) in [5, 5.41) is 15.4. The highest BCUT2D eigenvalue weighted by Gasteiger charge is 2.09. The molecule has 0 aliphatic rings. The van der Waals surface area contributed by atoms with Crippen LogP contribution in [0.3, 0.4) is 0 Å². The number of H-pyrrole nitrogens is 1. The van der Waals surface area contributed by atoms with E-state index in [4.69, 9.17) is 11.0 Å². The predicted octanol–water partition coefficient (Wildman–Crippen LogP) is 1.79. The van der Waals surface area contributed by atoms with E-state index in [1.165, 1.54) is 12.1 Å². The molecular weight excluding hydrogens is 219 g/mol. The number of aromatic nitrogens is 2. The molecule has 0 aliphatic carbocycles. The standard InChI is InChI=1S/C12H11FN4/c13-9-3-1-2-8(6-9)4-5-11-10(7-14)12(15)17-16-11/h1-3,6H,4-5H2,(H3,15,16,17). The van der Waals surface area contributed by atoms with Crippen LogP contribution in [0.25, 0.3) is 0 Å². The van der Waals surface area contributed by atoms with E-state index in [2.05, 4.69) is 10.2 Å². The van der Waals surface area contributed by atoms with E-state index in [1.54, 1.807) is 6.07 Å². The van der Waals surface area contributed by atoms with Crippen LogP contribution in [0.1, 0.15) is 16.8 Å². The fourth-order valence-electron chi connectivity index (χ4n) is 1.66. The molecule has 4 nitrogen and oxygen atoms in total. The molecular formula is C12H11FN4. The molecule has 3 N–H and O–H groups in total. The molecule has 0 bridgehead atoms. The number of hydrogen-bond donors (Lipinski definition) is 2. The van der Waals surface area contributed by atoms with E-state index in [9.17, 15) is 4.39 Å². The third-order valence-electron chi connectivity index (χ3n) is 2.53. The molecule has 0 saturated carbocycles. The van der Waals surface area contributed by atoms with Gasteiger partial charge in [0.2, 0.25) is 0 Å². The molecule has 1 aromatic heterocycles. The van der Waals surface area contributed by atoms with Crippen LogP contribution in [0, 0.1) is 17.1 Å². The average Bonchev–Trinajstić information content (AvgIpc) is 2.67. The highest BCUT2D eigenvalue weighted by Crippen LogP contribution is 2.14. The van der Waals surface area contributed by atoms with Crippen LogP contribution in [-0.4, -0.2) is 10.2 Å². The number of nitrogens with zero attached hydrogens (tertiary/aromatic N) is 2. The molecule has 0 radical (unpaired) electrons. The maximum absolute atomic E-state index is 13.0. The zero-order valence-electron chi connectivity index (χ0n) is 9.07. The van der Waals surface area contributed by atoms with Crippen molar-refractivity contribution in [1.29, 1.82) is 5.26 Å². The molecule has 2 aromatic rings. The fourth-order valence-corrected chi connectivity index (χ4v) is 1.66. The molecule has 86 valence electrons. The Labute approximate surface area is 97.9 Å². The summed E-state index contributed by atoms with van der Waals surface area (Å²) in [6.07, 6.45) is 1.21. The van der Waals surface area contributed by atoms with Crippen molar-refractivity contribution < 1.29 is 4.39 Å². The van der Waals surface area contributed by atoms with Gasteiger partial charge in [-0.25, -0.2) is 4.39 Å². The first-order chi connectivity index (χ1) is 8.20. The van der Waals surface area contributed by atoms with Gasteiger partial charge in [0, 0.05) is 0 Å². The second kappa shape index (κ2) is 4.66. The lowest BCUT2D eigenvalue weighted by molar-refractivity contribution is 0.625. The lowest BCUT2D eigenvalue weighted by Gasteiger charge is -2.00. The van der Waals surface area contributed by atoms with E-state index in [1.807, 2.05) is 12.1 Å². The van der Waals surface area contributed by atoms with E-state index >= 15 is 0 Å². The molecule has 2 rings (SSSR count). The Kier molecular flexibility index (Phi) is 3.06. The number of aryl methyl sites for hydroxylation is 2. The van der Waals surface area contributed by atoms with Gasteiger partial charge in [0.1, 0.15) is 17.4 Å². The molecule has 0 saturated heterocycles. The summed E-state index contributed by atoms with van der Waals surface area (Å²) in [5.41, 5.74) is 7.46. The SMILES string of the molecule is N#Cc1c(N)n[nH]c1CCc1cccc(F)c1. The molecule has 0 spiro atoms. The number of nitrogen functional groups attached to an aromatic ring is 1. The number of aromatic amines is 1.